The van der Waals surface area contributed by atoms with Gasteiger partial charge in [-0.2, -0.15) is 25.3 Å². The Bertz CT molecular complexity index is 276. The minimum Gasteiger partial charge on any atom is -0.176 e. The summed E-state index contributed by atoms with van der Waals surface area (Å²) in [5.41, 5.74) is 0. The third-order valence-corrected chi connectivity index (χ3v) is 8.78. The summed E-state index contributed by atoms with van der Waals surface area (Å²) in [5.74, 6) is 4.74. The second-order valence-corrected chi connectivity index (χ2v) is 9.24. The van der Waals surface area contributed by atoms with Gasteiger partial charge in [0.2, 0.25) is 0 Å². The Morgan fingerprint density at radius 1 is 0.682 bits per heavy atom. The molecule has 0 aliphatic heterocycles. The van der Waals surface area contributed by atoms with Crippen molar-refractivity contribution in [1.82, 2.24) is 0 Å². The number of thiol groups is 2. The summed E-state index contributed by atoms with van der Waals surface area (Å²) in [6.07, 6.45) is 2.49. The van der Waals surface area contributed by atoms with Crippen LogP contribution in [0.2, 0.25) is 17.5 Å². The fourth-order valence-corrected chi connectivity index (χ4v) is 4.61. The first-order valence-electron chi connectivity index (χ1n) is 9.46. The van der Waals surface area contributed by atoms with Crippen molar-refractivity contribution in [2.24, 2.45) is 23.7 Å². The predicted octanol–water partition coefficient (Wildman–Crippen LogP) is 3.21. The van der Waals surface area contributed by atoms with E-state index in [0.717, 1.165) is 11.7 Å². The fraction of sp³-hybridized carbons (Fsp3) is 1.00. The van der Waals surface area contributed by atoms with Gasteiger partial charge in [-0.25, -0.2) is 0 Å². The molecular formula is C17H39B3S2. The lowest BCUT2D eigenvalue weighted by molar-refractivity contribution is 0.290. The molecule has 9 unspecified atom stereocenters. The Morgan fingerprint density at radius 3 is 1.55 bits per heavy atom. The average molecular weight is 340 g/mol. The second kappa shape index (κ2) is 10.7. The molecule has 0 saturated heterocycles. The van der Waals surface area contributed by atoms with Crippen LogP contribution in [0.5, 0.6) is 0 Å². The Kier molecular flexibility index (Phi) is 11.1. The van der Waals surface area contributed by atoms with Crippen molar-refractivity contribution < 1.29 is 0 Å². The molecule has 22 heavy (non-hydrogen) atoms. The maximum absolute atomic E-state index is 5.00. The van der Waals surface area contributed by atoms with Crippen molar-refractivity contribution in [2.75, 3.05) is 0 Å². The molecule has 128 valence electrons. The maximum atomic E-state index is 5.00. The van der Waals surface area contributed by atoms with Gasteiger partial charge < -0.3 is 0 Å². The van der Waals surface area contributed by atoms with Crippen molar-refractivity contribution >= 4 is 48.8 Å². The van der Waals surface area contributed by atoms with Crippen LogP contribution >= 0.6 is 25.3 Å². The zero-order chi connectivity index (χ0) is 17.6. The molecule has 0 aliphatic rings. The molecule has 0 aliphatic carbocycles. The molecule has 0 fully saturated rings. The van der Waals surface area contributed by atoms with Crippen LogP contribution < -0.4 is 0 Å². The summed E-state index contributed by atoms with van der Waals surface area (Å²) in [6.45, 7) is 14.1. The van der Waals surface area contributed by atoms with Gasteiger partial charge in [-0.3, -0.25) is 0 Å². The van der Waals surface area contributed by atoms with Crippen LogP contribution in [0.25, 0.3) is 0 Å². The first-order valence-corrected chi connectivity index (χ1v) is 10.5. The lowest BCUT2D eigenvalue weighted by Crippen LogP contribution is -2.34. The molecule has 0 spiro atoms. The number of hydrogen-bond donors (Lipinski definition) is 2. The van der Waals surface area contributed by atoms with Gasteiger partial charge in [0, 0.05) is 5.25 Å². The zero-order valence-corrected chi connectivity index (χ0v) is 18.3. The Labute approximate surface area is 154 Å². The Morgan fingerprint density at radius 2 is 1.14 bits per heavy atom. The lowest BCUT2D eigenvalue weighted by Gasteiger charge is -2.39. The van der Waals surface area contributed by atoms with E-state index < -0.39 is 0 Å². The van der Waals surface area contributed by atoms with Gasteiger partial charge in [0.15, 0.2) is 0 Å². The molecule has 0 nitrogen and oxygen atoms in total. The predicted molar refractivity (Wildman–Crippen MR) is 120 cm³/mol. The van der Waals surface area contributed by atoms with Crippen LogP contribution in [0.15, 0.2) is 0 Å². The van der Waals surface area contributed by atoms with Gasteiger partial charge in [0.05, 0.1) is 0 Å². The molecule has 0 heterocycles. The highest BCUT2D eigenvalue weighted by Gasteiger charge is 2.33. The SMILES string of the molecule is BC(CC)C(B)C(S)C(C)C(C)C(B)C(S)C(C)C(C)CC. The lowest BCUT2D eigenvalue weighted by atomic mass is 9.59. The summed E-state index contributed by atoms with van der Waals surface area (Å²) in [7, 11) is 7.13. The van der Waals surface area contributed by atoms with E-state index in [1.807, 2.05) is 0 Å². The minimum atomic E-state index is 0.479. The van der Waals surface area contributed by atoms with Gasteiger partial charge >= 0.3 is 0 Å². The van der Waals surface area contributed by atoms with E-state index >= 15 is 0 Å². The van der Waals surface area contributed by atoms with E-state index in [-0.39, 0.29) is 0 Å². The Balaban J connectivity index is 4.82. The van der Waals surface area contributed by atoms with Crippen molar-refractivity contribution in [2.45, 2.75) is 82.3 Å². The molecule has 0 rings (SSSR count). The summed E-state index contributed by atoms with van der Waals surface area (Å²) in [5, 5.41) is 0.957. The van der Waals surface area contributed by atoms with Crippen LogP contribution in [-0.2, 0) is 0 Å². The molecule has 0 aromatic heterocycles. The summed E-state index contributed by atoms with van der Waals surface area (Å²) >= 11 is 10.0. The second-order valence-electron chi connectivity index (χ2n) is 8.05. The molecule has 9 atom stereocenters. The maximum Gasteiger partial charge on any atom is 0.107 e. The molecule has 5 heteroatoms. The average Bonchev–Trinajstić information content (AvgIpc) is 2.55. The first kappa shape index (κ1) is 22.9. The smallest absolute Gasteiger partial charge is 0.107 e. The largest absolute Gasteiger partial charge is 0.176 e. The van der Waals surface area contributed by atoms with E-state index in [0.29, 0.717) is 39.9 Å². The number of rotatable bonds is 10. The molecule has 0 bridgehead atoms. The normalized spacial score (nSPS) is 24.5. The van der Waals surface area contributed by atoms with Crippen LogP contribution in [-0.4, -0.2) is 34.0 Å². The van der Waals surface area contributed by atoms with E-state index in [1.165, 1.54) is 12.8 Å². The summed E-state index contributed by atoms with van der Waals surface area (Å²) in [6, 6.07) is 0. The summed E-state index contributed by atoms with van der Waals surface area (Å²) in [4.78, 5) is 0. The highest BCUT2D eigenvalue weighted by Crippen LogP contribution is 2.41. The molecule has 0 radical (unpaired) electrons. The number of hydrogen-bond acceptors (Lipinski definition) is 2. The van der Waals surface area contributed by atoms with Crippen molar-refractivity contribution in [3.8, 4) is 0 Å². The molecule has 0 aromatic carbocycles. The topological polar surface area (TPSA) is 0 Å². The molecular weight excluding hydrogens is 301 g/mol. The minimum absolute atomic E-state index is 0.479. The van der Waals surface area contributed by atoms with Gasteiger partial charge in [-0.15, -0.1) is 0 Å². The molecule has 0 saturated carbocycles. The molecule has 0 aromatic rings. The van der Waals surface area contributed by atoms with Crippen LogP contribution in [0.4, 0.5) is 0 Å². The van der Waals surface area contributed by atoms with Crippen molar-refractivity contribution in [3.63, 3.8) is 0 Å². The van der Waals surface area contributed by atoms with E-state index in [4.69, 9.17) is 25.3 Å². The van der Waals surface area contributed by atoms with Crippen LogP contribution in [0.1, 0.15) is 54.4 Å². The third-order valence-electron chi connectivity index (χ3n) is 6.90. The van der Waals surface area contributed by atoms with E-state index in [9.17, 15) is 0 Å². The molecule has 0 N–H and O–H groups in total. The Hall–Kier alpha value is 0.895. The van der Waals surface area contributed by atoms with Crippen molar-refractivity contribution in [3.05, 3.63) is 0 Å². The molecule has 0 amide bonds. The fourth-order valence-electron chi connectivity index (χ4n) is 3.48. The van der Waals surface area contributed by atoms with Crippen molar-refractivity contribution in [1.29, 1.82) is 0 Å². The highest BCUT2D eigenvalue weighted by atomic mass is 32.1. The van der Waals surface area contributed by atoms with Crippen LogP contribution in [0, 0.1) is 23.7 Å². The monoisotopic (exact) mass is 340 g/mol. The summed E-state index contributed by atoms with van der Waals surface area (Å²) < 4.78 is 0. The highest BCUT2D eigenvalue weighted by molar-refractivity contribution is 7.81. The first-order chi connectivity index (χ1) is 10.1. The zero-order valence-electron chi connectivity index (χ0n) is 16.5. The van der Waals surface area contributed by atoms with Gasteiger partial charge in [-0.05, 0) is 28.9 Å². The van der Waals surface area contributed by atoms with Crippen LogP contribution in [0.3, 0.4) is 0 Å². The van der Waals surface area contributed by atoms with Gasteiger partial charge in [0.25, 0.3) is 0 Å². The van der Waals surface area contributed by atoms with E-state index in [1.54, 1.807) is 0 Å². The van der Waals surface area contributed by atoms with Gasteiger partial charge in [0.1, 0.15) is 23.5 Å². The quantitative estimate of drug-likeness (QED) is 0.443. The standard InChI is InChI=1S/C17H39B3S2/c1-7-9(3)10(4)16(21)14(19)11(5)12(6)17(22)15(20)13(18)8-2/h9-17,21-22H,7-8,18-20H2,1-6H3. The van der Waals surface area contributed by atoms with E-state index in [2.05, 4.69) is 65.1 Å². The van der Waals surface area contributed by atoms with Gasteiger partial charge in [-0.1, -0.05) is 71.8 Å². The third kappa shape index (κ3) is 6.08.